The van der Waals surface area contributed by atoms with E-state index in [-0.39, 0.29) is 11.7 Å². The van der Waals surface area contributed by atoms with Crippen molar-refractivity contribution >= 4 is 11.0 Å². The van der Waals surface area contributed by atoms with Gasteiger partial charge in [0.05, 0.1) is 28.8 Å². The highest BCUT2D eigenvalue weighted by molar-refractivity contribution is 5.95. The second-order valence-corrected chi connectivity index (χ2v) is 6.71. The molecule has 148 valence electrons. The molecule has 4 heterocycles. The van der Waals surface area contributed by atoms with Gasteiger partial charge in [0.2, 0.25) is 0 Å². The van der Waals surface area contributed by atoms with Crippen LogP contribution < -0.4 is 10.1 Å². The molecule has 1 aromatic carbocycles. The Kier molecular flexibility index (Phi) is 4.02. The lowest BCUT2D eigenvalue weighted by Gasteiger charge is -2.25. The molecule has 0 aliphatic carbocycles. The van der Waals surface area contributed by atoms with Gasteiger partial charge in [-0.1, -0.05) is 0 Å². The quantitative estimate of drug-likeness (QED) is 0.549. The van der Waals surface area contributed by atoms with Crippen molar-refractivity contribution in [2.75, 3.05) is 13.1 Å². The number of fused-ring (bicyclic) bond motifs is 1. The molecule has 7 nitrogen and oxygen atoms in total. The molecule has 1 aliphatic heterocycles. The fourth-order valence-electron chi connectivity index (χ4n) is 3.43. The van der Waals surface area contributed by atoms with Gasteiger partial charge in [-0.05, 0) is 30.3 Å². The fraction of sp³-hybridized carbons (Fsp3) is 0.211. The first-order valence-corrected chi connectivity index (χ1v) is 8.93. The smallest absolute Gasteiger partial charge is 0.406 e. The second kappa shape index (κ2) is 6.59. The summed E-state index contributed by atoms with van der Waals surface area (Å²) in [5.74, 6) is -0.0558. The standard InChI is InChI=1S/C19H15F3N6O/c20-19(21,22)29-13-3-1-12(2-4-13)28-18-16(17(27-28)11-7-23-8-11)14(5-6-25-18)15-9-24-10-26-15/h1-6,9-11,23H,7-8H2,(H,24,26). The van der Waals surface area contributed by atoms with Crippen molar-refractivity contribution in [3.63, 3.8) is 0 Å². The maximum atomic E-state index is 12.4. The minimum absolute atomic E-state index is 0.230. The summed E-state index contributed by atoms with van der Waals surface area (Å²) >= 11 is 0. The number of rotatable bonds is 4. The molecule has 1 aliphatic rings. The van der Waals surface area contributed by atoms with Gasteiger partial charge >= 0.3 is 6.36 Å². The number of pyridine rings is 1. The lowest BCUT2D eigenvalue weighted by atomic mass is 9.95. The SMILES string of the molecule is FC(F)(F)Oc1ccc(-n2nc(C3CNC3)c3c(-c4c[nH]cn4)ccnc32)cc1. The summed E-state index contributed by atoms with van der Waals surface area (Å²) in [6.45, 7) is 1.61. The van der Waals surface area contributed by atoms with E-state index in [0.29, 0.717) is 11.3 Å². The third kappa shape index (κ3) is 3.21. The molecule has 10 heteroatoms. The number of H-pyrrole nitrogens is 1. The Balaban J connectivity index is 1.64. The van der Waals surface area contributed by atoms with E-state index >= 15 is 0 Å². The summed E-state index contributed by atoms with van der Waals surface area (Å²) < 4.78 is 42.9. The largest absolute Gasteiger partial charge is 0.573 e. The van der Waals surface area contributed by atoms with Gasteiger partial charge in [0.15, 0.2) is 5.65 Å². The molecule has 0 bridgehead atoms. The molecule has 0 radical (unpaired) electrons. The Bertz CT molecular complexity index is 1150. The van der Waals surface area contributed by atoms with E-state index in [0.717, 1.165) is 35.4 Å². The number of nitrogens with zero attached hydrogens (tertiary/aromatic N) is 4. The highest BCUT2D eigenvalue weighted by Crippen LogP contribution is 2.35. The third-order valence-corrected chi connectivity index (χ3v) is 4.85. The summed E-state index contributed by atoms with van der Waals surface area (Å²) in [7, 11) is 0. The van der Waals surface area contributed by atoms with Crippen LogP contribution in [-0.4, -0.2) is 44.2 Å². The number of alkyl halides is 3. The van der Waals surface area contributed by atoms with Crippen molar-refractivity contribution < 1.29 is 17.9 Å². The number of hydrogen-bond acceptors (Lipinski definition) is 5. The number of imidazole rings is 1. The van der Waals surface area contributed by atoms with Crippen LogP contribution in [0, 0.1) is 0 Å². The first kappa shape index (κ1) is 17.7. The van der Waals surface area contributed by atoms with E-state index < -0.39 is 6.36 Å². The number of aromatic nitrogens is 5. The predicted molar refractivity (Wildman–Crippen MR) is 98.7 cm³/mol. The van der Waals surface area contributed by atoms with Crippen molar-refractivity contribution in [3.05, 3.63) is 54.7 Å². The molecule has 5 rings (SSSR count). The second-order valence-electron chi connectivity index (χ2n) is 6.71. The number of benzene rings is 1. The van der Waals surface area contributed by atoms with Gasteiger partial charge in [-0.2, -0.15) is 5.10 Å². The summed E-state index contributed by atoms with van der Waals surface area (Å²) in [6, 6.07) is 7.47. The minimum Gasteiger partial charge on any atom is -0.406 e. The molecular weight excluding hydrogens is 385 g/mol. The average molecular weight is 400 g/mol. The molecule has 0 amide bonds. The molecule has 4 aromatic rings. The lowest BCUT2D eigenvalue weighted by molar-refractivity contribution is -0.274. The lowest BCUT2D eigenvalue weighted by Crippen LogP contribution is -2.40. The molecule has 0 unspecified atom stereocenters. The van der Waals surface area contributed by atoms with Crippen LogP contribution in [0.2, 0.25) is 0 Å². The molecule has 2 N–H and O–H groups in total. The molecule has 1 saturated heterocycles. The van der Waals surface area contributed by atoms with Gasteiger partial charge in [-0.15, -0.1) is 13.2 Å². The van der Waals surface area contributed by atoms with Crippen molar-refractivity contribution in [2.45, 2.75) is 12.3 Å². The number of halogens is 3. The zero-order chi connectivity index (χ0) is 20.0. The summed E-state index contributed by atoms with van der Waals surface area (Å²) in [5, 5.41) is 8.90. The van der Waals surface area contributed by atoms with E-state index in [9.17, 15) is 13.2 Å². The van der Waals surface area contributed by atoms with Crippen LogP contribution in [0.1, 0.15) is 11.6 Å². The molecule has 3 aromatic heterocycles. The Hall–Kier alpha value is -3.40. The van der Waals surface area contributed by atoms with Crippen molar-refractivity contribution in [3.8, 4) is 22.7 Å². The average Bonchev–Trinajstić information content (AvgIpc) is 3.28. The van der Waals surface area contributed by atoms with Gasteiger partial charge in [0.1, 0.15) is 5.75 Å². The van der Waals surface area contributed by atoms with Crippen LogP contribution >= 0.6 is 0 Å². The first-order valence-electron chi connectivity index (χ1n) is 8.93. The molecule has 1 fully saturated rings. The topological polar surface area (TPSA) is 80.6 Å². The number of aromatic amines is 1. The van der Waals surface area contributed by atoms with Crippen LogP contribution in [0.15, 0.2) is 49.1 Å². The maximum absolute atomic E-state index is 12.4. The fourth-order valence-corrected chi connectivity index (χ4v) is 3.43. The number of ether oxygens (including phenoxy) is 1. The van der Waals surface area contributed by atoms with Crippen LogP contribution in [0.3, 0.4) is 0 Å². The molecule has 0 saturated carbocycles. The number of nitrogens with one attached hydrogen (secondary N) is 2. The van der Waals surface area contributed by atoms with Gasteiger partial charge in [0, 0.05) is 37.0 Å². The Morgan fingerprint density at radius 3 is 2.48 bits per heavy atom. The van der Waals surface area contributed by atoms with E-state index in [2.05, 4.69) is 25.0 Å². The maximum Gasteiger partial charge on any atom is 0.573 e. The van der Waals surface area contributed by atoms with Crippen LogP contribution in [0.5, 0.6) is 5.75 Å². The molecule has 0 atom stereocenters. The predicted octanol–water partition coefficient (Wildman–Crippen LogP) is 3.40. The van der Waals surface area contributed by atoms with E-state index in [1.165, 1.54) is 24.3 Å². The Morgan fingerprint density at radius 2 is 1.86 bits per heavy atom. The van der Waals surface area contributed by atoms with E-state index in [1.54, 1.807) is 23.4 Å². The highest BCUT2D eigenvalue weighted by Gasteiger charge is 2.31. The summed E-state index contributed by atoms with van der Waals surface area (Å²) in [4.78, 5) is 11.8. The zero-order valence-corrected chi connectivity index (χ0v) is 14.9. The van der Waals surface area contributed by atoms with Crippen molar-refractivity contribution in [1.82, 2.24) is 30.0 Å². The van der Waals surface area contributed by atoms with Gasteiger partial charge < -0.3 is 15.0 Å². The van der Waals surface area contributed by atoms with Crippen LogP contribution in [0.25, 0.3) is 28.0 Å². The third-order valence-electron chi connectivity index (χ3n) is 4.85. The number of hydrogen-bond donors (Lipinski definition) is 2. The van der Waals surface area contributed by atoms with Crippen molar-refractivity contribution in [2.24, 2.45) is 0 Å². The van der Waals surface area contributed by atoms with Crippen molar-refractivity contribution in [1.29, 1.82) is 0 Å². The summed E-state index contributed by atoms with van der Waals surface area (Å²) in [5.41, 5.74) is 3.79. The monoisotopic (exact) mass is 400 g/mol. The van der Waals surface area contributed by atoms with E-state index in [4.69, 9.17) is 5.10 Å². The van der Waals surface area contributed by atoms with Crippen LogP contribution in [0.4, 0.5) is 13.2 Å². The highest BCUT2D eigenvalue weighted by atomic mass is 19.4. The van der Waals surface area contributed by atoms with Gasteiger partial charge in [0.25, 0.3) is 0 Å². The van der Waals surface area contributed by atoms with Gasteiger partial charge in [-0.3, -0.25) is 0 Å². The normalized spacial score (nSPS) is 14.9. The first-order chi connectivity index (χ1) is 14.0. The van der Waals surface area contributed by atoms with E-state index in [1.807, 2.05) is 6.07 Å². The van der Waals surface area contributed by atoms with Crippen LogP contribution in [-0.2, 0) is 0 Å². The molecular formula is C19H15F3N6O. The minimum atomic E-state index is -4.73. The molecule has 0 spiro atoms. The zero-order valence-electron chi connectivity index (χ0n) is 14.9. The summed E-state index contributed by atoms with van der Waals surface area (Å²) in [6.07, 6.45) is 0.354. The van der Waals surface area contributed by atoms with Gasteiger partial charge in [-0.25, -0.2) is 14.6 Å². The Morgan fingerprint density at radius 1 is 1.07 bits per heavy atom. The Labute approximate surface area is 162 Å². The molecule has 29 heavy (non-hydrogen) atoms.